The molecule has 3 heteroatoms. The number of rotatable bonds is 1. The van der Waals surface area contributed by atoms with Crippen LogP contribution >= 0.6 is 0 Å². The fourth-order valence-electron chi connectivity index (χ4n) is 1.95. The molecular weight excluding hydrogens is 188 g/mol. The van der Waals surface area contributed by atoms with Crippen LogP contribution in [0.3, 0.4) is 0 Å². The van der Waals surface area contributed by atoms with Crippen molar-refractivity contribution in [2.24, 2.45) is 0 Å². The van der Waals surface area contributed by atoms with Crippen LogP contribution in [0.2, 0.25) is 0 Å². The molecule has 0 radical (unpaired) electrons. The van der Waals surface area contributed by atoms with Crippen molar-refractivity contribution in [1.82, 2.24) is 9.97 Å². The number of aromatic nitrogens is 2. The minimum absolute atomic E-state index is 0.0525. The predicted octanol–water partition coefficient (Wildman–Crippen LogP) is 2.10. The van der Waals surface area contributed by atoms with Gasteiger partial charge in [0.05, 0.1) is 17.2 Å². The van der Waals surface area contributed by atoms with Crippen molar-refractivity contribution >= 4 is 10.9 Å². The molecular formula is C12H14N2O. The topological polar surface area (TPSA) is 45.8 Å². The van der Waals surface area contributed by atoms with Gasteiger partial charge in [-0.2, -0.15) is 0 Å². The molecule has 2 rings (SSSR count). The molecule has 15 heavy (non-hydrogen) atoms. The van der Waals surface area contributed by atoms with Crippen LogP contribution in [0.15, 0.2) is 17.2 Å². The lowest BCUT2D eigenvalue weighted by Gasteiger charge is -2.09. The second-order valence-electron chi connectivity index (χ2n) is 3.77. The molecule has 0 aliphatic carbocycles. The molecule has 0 amide bonds. The summed E-state index contributed by atoms with van der Waals surface area (Å²) in [7, 11) is 0. The van der Waals surface area contributed by atoms with Gasteiger partial charge in [0.1, 0.15) is 0 Å². The molecule has 0 fully saturated rings. The minimum Gasteiger partial charge on any atom is -0.313 e. The highest BCUT2D eigenvalue weighted by atomic mass is 16.1. The van der Waals surface area contributed by atoms with Crippen LogP contribution in [-0.4, -0.2) is 9.97 Å². The number of nitrogens with zero attached hydrogens (tertiary/aromatic N) is 1. The van der Waals surface area contributed by atoms with Gasteiger partial charge in [0.2, 0.25) is 0 Å². The standard InChI is InChI=1S/C12H14N2O/c1-4-9-5-10-11(8(3)7(9)2)12(15)14-6-13-10/h5-6H,4H2,1-3H3,(H,13,14,15). The van der Waals surface area contributed by atoms with Gasteiger partial charge in [-0.25, -0.2) is 4.98 Å². The van der Waals surface area contributed by atoms with Crippen molar-refractivity contribution in [1.29, 1.82) is 0 Å². The van der Waals surface area contributed by atoms with E-state index in [4.69, 9.17) is 0 Å². The van der Waals surface area contributed by atoms with E-state index in [0.29, 0.717) is 5.39 Å². The van der Waals surface area contributed by atoms with E-state index in [1.54, 1.807) is 0 Å². The van der Waals surface area contributed by atoms with Crippen LogP contribution in [0.1, 0.15) is 23.6 Å². The summed E-state index contributed by atoms with van der Waals surface area (Å²) >= 11 is 0. The van der Waals surface area contributed by atoms with E-state index in [-0.39, 0.29) is 5.56 Å². The van der Waals surface area contributed by atoms with Gasteiger partial charge in [0.25, 0.3) is 5.56 Å². The molecule has 0 saturated heterocycles. The van der Waals surface area contributed by atoms with Gasteiger partial charge in [0.15, 0.2) is 0 Å². The summed E-state index contributed by atoms with van der Waals surface area (Å²) in [5.74, 6) is 0. The Labute approximate surface area is 88.2 Å². The Morgan fingerprint density at radius 2 is 2.07 bits per heavy atom. The minimum atomic E-state index is -0.0525. The number of hydrogen-bond donors (Lipinski definition) is 1. The number of nitrogens with one attached hydrogen (secondary N) is 1. The second kappa shape index (κ2) is 3.50. The smallest absolute Gasteiger partial charge is 0.258 e. The largest absolute Gasteiger partial charge is 0.313 e. The van der Waals surface area contributed by atoms with Crippen molar-refractivity contribution in [3.63, 3.8) is 0 Å². The maximum Gasteiger partial charge on any atom is 0.258 e. The SMILES string of the molecule is CCc1cc2nc[nH]c(=O)c2c(C)c1C. The molecule has 0 saturated carbocycles. The van der Waals surface area contributed by atoms with Gasteiger partial charge in [0, 0.05) is 0 Å². The molecule has 0 spiro atoms. The Hall–Kier alpha value is -1.64. The molecule has 0 aliphatic rings. The van der Waals surface area contributed by atoms with E-state index in [2.05, 4.69) is 23.8 Å². The lowest BCUT2D eigenvalue weighted by Crippen LogP contribution is -2.09. The molecule has 0 bridgehead atoms. The molecule has 3 nitrogen and oxygen atoms in total. The number of fused-ring (bicyclic) bond motifs is 1. The summed E-state index contributed by atoms with van der Waals surface area (Å²) in [6, 6.07) is 2.01. The fourth-order valence-corrected chi connectivity index (χ4v) is 1.95. The van der Waals surface area contributed by atoms with Crippen LogP contribution in [-0.2, 0) is 6.42 Å². The Bertz CT molecular complexity index is 570. The number of hydrogen-bond acceptors (Lipinski definition) is 2. The molecule has 0 unspecified atom stereocenters. The number of aromatic amines is 1. The molecule has 1 aromatic carbocycles. The van der Waals surface area contributed by atoms with Gasteiger partial charge in [-0.1, -0.05) is 6.92 Å². The highest BCUT2D eigenvalue weighted by molar-refractivity contribution is 5.83. The monoisotopic (exact) mass is 202 g/mol. The Morgan fingerprint density at radius 3 is 2.73 bits per heavy atom. The van der Waals surface area contributed by atoms with E-state index in [9.17, 15) is 4.79 Å². The van der Waals surface area contributed by atoms with Gasteiger partial charge in [-0.3, -0.25) is 4.79 Å². The molecule has 78 valence electrons. The maximum absolute atomic E-state index is 11.7. The zero-order chi connectivity index (χ0) is 11.0. The first-order valence-corrected chi connectivity index (χ1v) is 5.11. The first-order valence-electron chi connectivity index (χ1n) is 5.11. The molecule has 0 atom stereocenters. The lowest BCUT2D eigenvalue weighted by atomic mass is 9.98. The van der Waals surface area contributed by atoms with E-state index < -0.39 is 0 Å². The highest BCUT2D eigenvalue weighted by Crippen LogP contribution is 2.20. The average Bonchev–Trinajstić information content (AvgIpc) is 2.23. The number of aryl methyl sites for hydroxylation is 2. The molecule has 1 heterocycles. The fraction of sp³-hybridized carbons (Fsp3) is 0.333. The predicted molar refractivity (Wildman–Crippen MR) is 61.2 cm³/mol. The van der Waals surface area contributed by atoms with Crippen molar-refractivity contribution in [3.05, 3.63) is 39.4 Å². The van der Waals surface area contributed by atoms with Crippen LogP contribution in [0.25, 0.3) is 10.9 Å². The third kappa shape index (κ3) is 1.44. The van der Waals surface area contributed by atoms with Crippen molar-refractivity contribution in [2.45, 2.75) is 27.2 Å². The summed E-state index contributed by atoms with van der Waals surface area (Å²) in [6.45, 7) is 6.15. The van der Waals surface area contributed by atoms with E-state index in [1.165, 1.54) is 17.5 Å². The molecule has 0 aliphatic heterocycles. The summed E-state index contributed by atoms with van der Waals surface area (Å²) in [4.78, 5) is 18.5. The maximum atomic E-state index is 11.7. The summed E-state index contributed by atoms with van der Waals surface area (Å²) in [5.41, 5.74) is 4.24. The van der Waals surface area contributed by atoms with E-state index >= 15 is 0 Å². The zero-order valence-corrected chi connectivity index (χ0v) is 9.22. The zero-order valence-electron chi connectivity index (χ0n) is 9.22. The van der Waals surface area contributed by atoms with Gasteiger partial charge in [-0.15, -0.1) is 0 Å². The second-order valence-corrected chi connectivity index (χ2v) is 3.77. The van der Waals surface area contributed by atoms with Crippen LogP contribution in [0.4, 0.5) is 0 Å². The average molecular weight is 202 g/mol. The lowest BCUT2D eigenvalue weighted by molar-refractivity contribution is 1.09. The van der Waals surface area contributed by atoms with E-state index in [0.717, 1.165) is 17.5 Å². The highest BCUT2D eigenvalue weighted by Gasteiger charge is 2.08. The van der Waals surface area contributed by atoms with Gasteiger partial charge < -0.3 is 4.98 Å². The normalized spacial score (nSPS) is 10.9. The van der Waals surface area contributed by atoms with Crippen LogP contribution in [0, 0.1) is 13.8 Å². The third-order valence-corrected chi connectivity index (χ3v) is 2.99. The van der Waals surface area contributed by atoms with E-state index in [1.807, 2.05) is 13.0 Å². The Morgan fingerprint density at radius 1 is 1.33 bits per heavy atom. The van der Waals surface area contributed by atoms with Crippen molar-refractivity contribution in [3.8, 4) is 0 Å². The number of H-pyrrole nitrogens is 1. The summed E-state index contributed by atoms with van der Waals surface area (Å²) < 4.78 is 0. The quantitative estimate of drug-likeness (QED) is 0.769. The van der Waals surface area contributed by atoms with Crippen molar-refractivity contribution in [2.75, 3.05) is 0 Å². The molecule has 1 N–H and O–H groups in total. The summed E-state index contributed by atoms with van der Waals surface area (Å²) in [5, 5.41) is 0.715. The number of benzene rings is 1. The van der Waals surface area contributed by atoms with Crippen LogP contribution in [0.5, 0.6) is 0 Å². The molecule has 1 aromatic heterocycles. The van der Waals surface area contributed by atoms with Gasteiger partial charge >= 0.3 is 0 Å². The first-order chi connectivity index (χ1) is 7.15. The van der Waals surface area contributed by atoms with Crippen molar-refractivity contribution < 1.29 is 0 Å². The van der Waals surface area contributed by atoms with Gasteiger partial charge in [-0.05, 0) is 43.0 Å². The third-order valence-electron chi connectivity index (χ3n) is 2.99. The molecule has 2 aromatic rings. The van der Waals surface area contributed by atoms with Crippen LogP contribution < -0.4 is 5.56 Å². The Balaban J connectivity index is 2.97. The summed E-state index contributed by atoms with van der Waals surface area (Å²) in [6.07, 6.45) is 2.43. The Kier molecular flexibility index (Phi) is 2.31. The first kappa shape index (κ1) is 9.90.